The summed E-state index contributed by atoms with van der Waals surface area (Å²) in [6.45, 7) is 0. The molecule has 0 spiro atoms. The molecule has 0 heterocycles. The van der Waals surface area contributed by atoms with E-state index in [1.165, 1.54) is 80.9 Å². The van der Waals surface area contributed by atoms with E-state index < -0.39 is 0 Å². The van der Waals surface area contributed by atoms with E-state index in [-0.39, 0.29) is 5.41 Å². The number of hydrogen-bond donors (Lipinski definition) is 0. The number of carbonyl (C=O) groups is 1. The third-order valence-corrected chi connectivity index (χ3v) is 7.41. The number of carbonyl (C=O) groups excluding carboxylic acids is 1. The summed E-state index contributed by atoms with van der Waals surface area (Å²) in [7, 11) is 0. The molecule has 5 aliphatic carbocycles. The number of hydrogen-bond acceptors (Lipinski definition) is 1. The molecule has 1 nitrogen and oxygen atoms in total. The van der Waals surface area contributed by atoms with E-state index in [1.54, 1.807) is 0 Å². The quantitative estimate of drug-likeness (QED) is 0.776. The van der Waals surface area contributed by atoms with Crippen LogP contribution in [0.25, 0.3) is 0 Å². The van der Waals surface area contributed by atoms with Crippen LogP contribution >= 0.6 is 0 Å². The summed E-state index contributed by atoms with van der Waals surface area (Å²) in [5.74, 6) is 3.18. The molecule has 4 saturated carbocycles. The van der Waals surface area contributed by atoms with Crippen LogP contribution in [0.3, 0.4) is 0 Å². The molecule has 0 aromatic heterocycles. The Hall–Kier alpha value is -1.11. The molecule has 5 aliphatic rings. The molecule has 0 aliphatic heterocycles. The molecule has 0 radical (unpaired) electrons. The van der Waals surface area contributed by atoms with Crippen molar-refractivity contribution >= 4 is 5.78 Å². The Balaban J connectivity index is 1.37. The maximum atomic E-state index is 13.2. The topological polar surface area (TPSA) is 17.1 Å². The zero-order chi connectivity index (χ0) is 15.4. The van der Waals surface area contributed by atoms with Crippen LogP contribution in [0.5, 0.6) is 0 Å². The normalized spacial score (nSPS) is 37.7. The number of Topliss-reactive ketones (excluding diaryl/α,β-unsaturated/α-hetero) is 1. The highest BCUT2D eigenvalue weighted by Gasteiger charge is 2.53. The van der Waals surface area contributed by atoms with Gasteiger partial charge < -0.3 is 0 Å². The molecule has 1 aromatic carbocycles. The van der Waals surface area contributed by atoms with Gasteiger partial charge in [0.2, 0.25) is 0 Å². The van der Waals surface area contributed by atoms with E-state index >= 15 is 0 Å². The Morgan fingerprint density at radius 3 is 2.17 bits per heavy atom. The molecule has 0 N–H and O–H groups in total. The predicted molar refractivity (Wildman–Crippen MR) is 92.4 cm³/mol. The Labute approximate surface area is 139 Å². The monoisotopic (exact) mass is 308 g/mol. The van der Waals surface area contributed by atoms with Gasteiger partial charge >= 0.3 is 0 Å². The molecule has 1 heteroatoms. The van der Waals surface area contributed by atoms with Crippen LogP contribution < -0.4 is 0 Å². The van der Waals surface area contributed by atoms with Crippen molar-refractivity contribution < 1.29 is 4.79 Å². The minimum atomic E-state index is 0.0741. The second kappa shape index (κ2) is 5.19. The van der Waals surface area contributed by atoms with E-state index in [0.717, 1.165) is 17.8 Å². The molecule has 4 fully saturated rings. The van der Waals surface area contributed by atoms with E-state index in [9.17, 15) is 4.79 Å². The first-order valence-corrected chi connectivity index (χ1v) is 9.84. The predicted octanol–water partition coefficient (Wildman–Crippen LogP) is 4.89. The zero-order valence-corrected chi connectivity index (χ0v) is 14.2. The van der Waals surface area contributed by atoms with Crippen LogP contribution in [0.2, 0.25) is 0 Å². The number of fused-ring (bicyclic) bond motifs is 1. The largest absolute Gasteiger partial charge is 0.299 e. The molecule has 4 bridgehead atoms. The zero-order valence-electron chi connectivity index (χ0n) is 14.2. The van der Waals surface area contributed by atoms with Crippen molar-refractivity contribution in [2.45, 2.75) is 70.6 Å². The summed E-state index contributed by atoms with van der Waals surface area (Å²) in [5.41, 5.74) is 4.41. The highest BCUT2D eigenvalue weighted by Crippen LogP contribution is 2.60. The Morgan fingerprint density at radius 1 is 0.913 bits per heavy atom. The van der Waals surface area contributed by atoms with E-state index in [0.29, 0.717) is 12.2 Å². The van der Waals surface area contributed by atoms with Crippen molar-refractivity contribution in [1.82, 2.24) is 0 Å². The van der Waals surface area contributed by atoms with Gasteiger partial charge in [0, 0.05) is 11.8 Å². The van der Waals surface area contributed by atoms with Gasteiger partial charge in [0.15, 0.2) is 0 Å². The van der Waals surface area contributed by atoms with Gasteiger partial charge in [0.05, 0.1) is 0 Å². The Morgan fingerprint density at radius 2 is 1.52 bits per heavy atom. The van der Waals surface area contributed by atoms with E-state index in [2.05, 4.69) is 18.2 Å². The first-order valence-electron chi connectivity index (χ1n) is 9.84. The first-order chi connectivity index (χ1) is 11.2. The van der Waals surface area contributed by atoms with Gasteiger partial charge in [-0.2, -0.15) is 0 Å². The van der Waals surface area contributed by atoms with Crippen molar-refractivity contribution in [2.75, 3.05) is 0 Å². The lowest BCUT2D eigenvalue weighted by molar-refractivity contribution is -0.143. The molecular formula is C22H28O. The van der Waals surface area contributed by atoms with Crippen LogP contribution in [0.1, 0.15) is 68.1 Å². The van der Waals surface area contributed by atoms with Crippen molar-refractivity contribution in [2.24, 2.45) is 23.2 Å². The van der Waals surface area contributed by atoms with Crippen LogP contribution in [-0.2, 0) is 24.1 Å². The summed E-state index contributed by atoms with van der Waals surface area (Å²) in [4.78, 5) is 13.2. The van der Waals surface area contributed by atoms with Gasteiger partial charge in [-0.3, -0.25) is 4.79 Å². The van der Waals surface area contributed by atoms with Gasteiger partial charge in [-0.05, 0) is 98.7 Å². The molecule has 0 atom stereocenters. The number of ketones is 1. The summed E-state index contributed by atoms with van der Waals surface area (Å²) in [6.07, 6.45) is 13.7. The van der Waals surface area contributed by atoms with E-state index in [4.69, 9.17) is 0 Å². The molecule has 122 valence electrons. The molecule has 6 rings (SSSR count). The fourth-order valence-electron chi connectivity index (χ4n) is 6.72. The summed E-state index contributed by atoms with van der Waals surface area (Å²) in [5, 5.41) is 0. The second-order valence-electron chi connectivity index (χ2n) is 9.11. The second-order valence-corrected chi connectivity index (χ2v) is 9.11. The number of aryl methyl sites for hydroxylation is 2. The highest BCUT2D eigenvalue weighted by molar-refractivity contribution is 5.87. The smallest absolute Gasteiger partial charge is 0.143 e. The standard InChI is InChI=1S/C22H28O/c23-21(11-15-5-6-19-3-1-2-4-20(19)10-15)22-12-16-7-17(13-22)9-18(8-16)14-22/h5-6,10,16-18H,1-4,7-9,11-14H2. The Bertz CT molecular complexity index is 606. The van der Waals surface area contributed by atoms with Crippen molar-refractivity contribution in [3.05, 3.63) is 34.9 Å². The molecular weight excluding hydrogens is 280 g/mol. The summed E-state index contributed by atoms with van der Waals surface area (Å²) < 4.78 is 0. The number of benzene rings is 1. The van der Waals surface area contributed by atoms with Crippen molar-refractivity contribution in [3.8, 4) is 0 Å². The van der Waals surface area contributed by atoms with Gasteiger partial charge in [-0.25, -0.2) is 0 Å². The summed E-state index contributed by atoms with van der Waals surface area (Å²) in [6, 6.07) is 6.90. The van der Waals surface area contributed by atoms with Crippen LogP contribution in [-0.4, -0.2) is 5.78 Å². The molecule has 0 saturated heterocycles. The molecule has 23 heavy (non-hydrogen) atoms. The van der Waals surface area contributed by atoms with Crippen molar-refractivity contribution in [1.29, 1.82) is 0 Å². The average Bonchev–Trinajstić information content (AvgIpc) is 2.53. The Kier molecular flexibility index (Phi) is 3.22. The lowest BCUT2D eigenvalue weighted by Crippen LogP contribution is -2.50. The molecule has 0 unspecified atom stereocenters. The third kappa shape index (κ3) is 2.39. The first kappa shape index (κ1) is 14.3. The fraction of sp³-hybridized carbons (Fsp3) is 0.682. The maximum Gasteiger partial charge on any atom is 0.143 e. The highest BCUT2D eigenvalue weighted by atomic mass is 16.1. The molecule has 1 aromatic rings. The lowest BCUT2D eigenvalue weighted by Gasteiger charge is -2.56. The SMILES string of the molecule is O=C(Cc1ccc2c(c1)CCCC2)C12CC3CC(CC(C3)C1)C2. The maximum absolute atomic E-state index is 13.2. The summed E-state index contributed by atoms with van der Waals surface area (Å²) >= 11 is 0. The van der Waals surface area contributed by atoms with Gasteiger partial charge in [0.1, 0.15) is 5.78 Å². The van der Waals surface area contributed by atoms with Crippen LogP contribution in [0, 0.1) is 23.2 Å². The van der Waals surface area contributed by atoms with Gasteiger partial charge in [-0.1, -0.05) is 18.2 Å². The van der Waals surface area contributed by atoms with Crippen LogP contribution in [0.4, 0.5) is 0 Å². The average molecular weight is 308 g/mol. The van der Waals surface area contributed by atoms with E-state index in [1.807, 2.05) is 0 Å². The minimum Gasteiger partial charge on any atom is -0.299 e. The van der Waals surface area contributed by atoms with Crippen molar-refractivity contribution in [3.63, 3.8) is 0 Å². The van der Waals surface area contributed by atoms with Gasteiger partial charge in [0.25, 0.3) is 0 Å². The van der Waals surface area contributed by atoms with Gasteiger partial charge in [-0.15, -0.1) is 0 Å². The minimum absolute atomic E-state index is 0.0741. The fourth-order valence-corrected chi connectivity index (χ4v) is 6.72. The third-order valence-electron chi connectivity index (χ3n) is 7.41. The van der Waals surface area contributed by atoms with Crippen LogP contribution in [0.15, 0.2) is 18.2 Å². The molecule has 0 amide bonds. The number of rotatable bonds is 3. The lowest BCUT2D eigenvalue weighted by atomic mass is 9.48.